The fraction of sp³-hybridized carbons (Fsp3) is 0. The van der Waals surface area contributed by atoms with E-state index in [0.717, 1.165) is 16.7 Å². The van der Waals surface area contributed by atoms with E-state index in [2.05, 4.69) is 102 Å². The summed E-state index contributed by atoms with van der Waals surface area (Å²) in [6, 6.07) is 55.9. The summed E-state index contributed by atoms with van der Waals surface area (Å²) in [6.45, 7) is 0. The van der Waals surface area contributed by atoms with Crippen LogP contribution in [0.1, 0.15) is 0 Å². The third-order valence-electron chi connectivity index (χ3n) is 9.85. The van der Waals surface area contributed by atoms with Crippen LogP contribution in [-0.4, -0.2) is 19.5 Å². The van der Waals surface area contributed by atoms with E-state index in [4.69, 9.17) is 15.0 Å². The minimum atomic E-state index is 0.668. The Morgan fingerprint density at radius 2 is 0.941 bits per heavy atom. The van der Waals surface area contributed by atoms with Crippen molar-refractivity contribution in [3.63, 3.8) is 0 Å². The molecule has 0 atom stereocenters. The fourth-order valence-corrected chi connectivity index (χ4v) is 9.96. The molecule has 0 aliphatic heterocycles. The van der Waals surface area contributed by atoms with Crippen LogP contribution in [-0.2, 0) is 0 Å². The lowest BCUT2D eigenvalue weighted by Crippen LogP contribution is -2.00. The molecule has 0 aliphatic carbocycles. The molecule has 51 heavy (non-hydrogen) atoms. The van der Waals surface area contributed by atoms with Crippen molar-refractivity contribution < 1.29 is 0 Å². The van der Waals surface area contributed by atoms with Gasteiger partial charge in [-0.15, -0.1) is 22.7 Å². The Bertz CT molecular complexity index is 3030. The van der Waals surface area contributed by atoms with Crippen molar-refractivity contribution in [2.24, 2.45) is 0 Å². The van der Waals surface area contributed by atoms with Crippen molar-refractivity contribution in [1.82, 2.24) is 19.5 Å². The Morgan fingerprint density at radius 3 is 1.61 bits per heavy atom. The van der Waals surface area contributed by atoms with Gasteiger partial charge in [-0.2, -0.15) is 0 Å². The van der Waals surface area contributed by atoms with Crippen molar-refractivity contribution in [3.05, 3.63) is 158 Å². The van der Waals surface area contributed by atoms with Crippen LogP contribution in [0.4, 0.5) is 0 Å². The number of fused-ring (bicyclic) bond motifs is 10. The molecule has 4 nitrogen and oxygen atoms in total. The molecule has 11 rings (SSSR count). The predicted molar refractivity (Wildman–Crippen MR) is 216 cm³/mol. The van der Waals surface area contributed by atoms with Gasteiger partial charge in [0.1, 0.15) is 0 Å². The summed E-state index contributed by atoms with van der Waals surface area (Å²) in [6.07, 6.45) is 0. The molecule has 0 bridgehead atoms. The standard InChI is InChI=1S/C45H26N4S2/c1-3-11-27(12-4-1)43-46-44(28-13-5-2-6-14-28)48-45(47-43)29-19-23-38-35(25-29)33-22-24-39-41(42(33)51-38)34-21-20-30(26-40(34)50-39)49-36-17-9-7-15-31(36)32-16-8-10-18-37(32)49/h1-26H. The second-order valence-electron chi connectivity index (χ2n) is 12.8. The van der Waals surface area contributed by atoms with E-state index in [1.165, 1.54) is 67.8 Å². The lowest BCUT2D eigenvalue weighted by atomic mass is 10.1. The van der Waals surface area contributed by atoms with Crippen LogP contribution in [0.25, 0.3) is 102 Å². The molecule has 4 heterocycles. The minimum Gasteiger partial charge on any atom is -0.309 e. The van der Waals surface area contributed by atoms with E-state index in [9.17, 15) is 0 Å². The van der Waals surface area contributed by atoms with Gasteiger partial charge in [0.25, 0.3) is 0 Å². The predicted octanol–water partition coefficient (Wildman–Crippen LogP) is 12.7. The van der Waals surface area contributed by atoms with Crippen molar-refractivity contribution >= 4 is 84.8 Å². The molecule has 7 aromatic carbocycles. The van der Waals surface area contributed by atoms with E-state index in [-0.39, 0.29) is 0 Å². The molecule has 0 N–H and O–H groups in total. The molecule has 0 saturated heterocycles. The Kier molecular flexibility index (Phi) is 6.26. The molecule has 0 fully saturated rings. The van der Waals surface area contributed by atoms with Crippen LogP contribution in [0.2, 0.25) is 0 Å². The van der Waals surface area contributed by atoms with Gasteiger partial charge in [0, 0.05) is 73.5 Å². The summed E-state index contributed by atoms with van der Waals surface area (Å²) < 4.78 is 7.57. The number of hydrogen-bond donors (Lipinski definition) is 0. The highest BCUT2D eigenvalue weighted by Crippen LogP contribution is 2.46. The van der Waals surface area contributed by atoms with Crippen LogP contribution < -0.4 is 0 Å². The number of para-hydroxylation sites is 2. The molecular formula is C45H26N4S2. The summed E-state index contributed by atoms with van der Waals surface area (Å²) in [5.74, 6) is 2.01. The summed E-state index contributed by atoms with van der Waals surface area (Å²) in [7, 11) is 0. The normalized spacial score (nSPS) is 11.9. The number of nitrogens with zero attached hydrogens (tertiary/aromatic N) is 4. The van der Waals surface area contributed by atoms with Crippen LogP contribution in [0.3, 0.4) is 0 Å². The van der Waals surface area contributed by atoms with Gasteiger partial charge in [-0.3, -0.25) is 0 Å². The van der Waals surface area contributed by atoms with Crippen LogP contribution in [0.5, 0.6) is 0 Å². The lowest BCUT2D eigenvalue weighted by molar-refractivity contribution is 1.07. The van der Waals surface area contributed by atoms with Gasteiger partial charge in [0.15, 0.2) is 17.5 Å². The monoisotopic (exact) mass is 686 g/mol. The third kappa shape index (κ3) is 4.47. The zero-order valence-electron chi connectivity index (χ0n) is 27.1. The third-order valence-corrected chi connectivity index (χ3v) is 12.2. The van der Waals surface area contributed by atoms with Gasteiger partial charge in [0.05, 0.1) is 11.0 Å². The lowest BCUT2D eigenvalue weighted by Gasteiger charge is -2.08. The maximum absolute atomic E-state index is 5.00. The van der Waals surface area contributed by atoms with Crippen molar-refractivity contribution in [1.29, 1.82) is 0 Å². The molecule has 0 saturated carbocycles. The highest BCUT2D eigenvalue weighted by atomic mass is 32.1. The van der Waals surface area contributed by atoms with Gasteiger partial charge in [-0.1, -0.05) is 109 Å². The smallest absolute Gasteiger partial charge is 0.164 e. The van der Waals surface area contributed by atoms with Gasteiger partial charge in [-0.25, -0.2) is 15.0 Å². The number of thiophene rings is 2. The Balaban J connectivity index is 1.07. The van der Waals surface area contributed by atoms with E-state index < -0.39 is 0 Å². The van der Waals surface area contributed by atoms with E-state index >= 15 is 0 Å². The maximum atomic E-state index is 5.00. The highest BCUT2D eigenvalue weighted by Gasteiger charge is 2.18. The highest BCUT2D eigenvalue weighted by molar-refractivity contribution is 7.29. The number of rotatable bonds is 4. The molecule has 0 spiro atoms. The van der Waals surface area contributed by atoms with E-state index in [1.807, 2.05) is 83.3 Å². The summed E-state index contributed by atoms with van der Waals surface area (Å²) in [5.41, 5.74) is 6.55. The summed E-state index contributed by atoms with van der Waals surface area (Å²) in [5, 5.41) is 7.67. The first kappa shape index (κ1) is 28.6. The SMILES string of the molecule is c1ccc(-c2nc(-c3ccccc3)nc(-c3ccc4sc5c(ccc6sc7cc(-n8c9ccccc9c9ccccc98)ccc7c65)c4c3)n2)cc1. The first-order valence-electron chi connectivity index (χ1n) is 16.9. The second-order valence-corrected chi connectivity index (χ2v) is 15.0. The average molecular weight is 687 g/mol. The van der Waals surface area contributed by atoms with Crippen LogP contribution >= 0.6 is 22.7 Å². The fourth-order valence-electron chi connectivity index (χ4n) is 7.50. The molecular weight excluding hydrogens is 661 g/mol. The molecule has 0 amide bonds. The van der Waals surface area contributed by atoms with Gasteiger partial charge >= 0.3 is 0 Å². The van der Waals surface area contributed by atoms with Crippen molar-refractivity contribution in [2.75, 3.05) is 0 Å². The Hall–Kier alpha value is -6.21. The Morgan fingerprint density at radius 1 is 0.373 bits per heavy atom. The topological polar surface area (TPSA) is 43.6 Å². The molecule has 6 heteroatoms. The molecule has 0 aliphatic rings. The molecule has 4 aromatic heterocycles. The number of aromatic nitrogens is 4. The first-order valence-corrected chi connectivity index (χ1v) is 18.6. The zero-order chi connectivity index (χ0) is 33.5. The average Bonchev–Trinajstić information content (AvgIpc) is 3.87. The van der Waals surface area contributed by atoms with Crippen molar-refractivity contribution in [2.45, 2.75) is 0 Å². The molecule has 0 radical (unpaired) electrons. The van der Waals surface area contributed by atoms with Gasteiger partial charge in [0.2, 0.25) is 0 Å². The maximum Gasteiger partial charge on any atom is 0.164 e. The van der Waals surface area contributed by atoms with Crippen LogP contribution in [0, 0.1) is 0 Å². The Labute approximate surface area is 300 Å². The minimum absolute atomic E-state index is 0.668. The first-order chi connectivity index (χ1) is 25.3. The summed E-state index contributed by atoms with van der Waals surface area (Å²) in [4.78, 5) is 14.9. The molecule has 238 valence electrons. The number of benzene rings is 7. The largest absolute Gasteiger partial charge is 0.309 e. The van der Waals surface area contributed by atoms with Crippen LogP contribution in [0.15, 0.2) is 158 Å². The van der Waals surface area contributed by atoms with E-state index in [1.54, 1.807) is 0 Å². The zero-order valence-corrected chi connectivity index (χ0v) is 28.7. The van der Waals surface area contributed by atoms with Gasteiger partial charge in [-0.05, 0) is 48.5 Å². The molecule has 11 aromatic rings. The van der Waals surface area contributed by atoms with Gasteiger partial charge < -0.3 is 4.57 Å². The second kappa shape index (κ2) is 11.2. The van der Waals surface area contributed by atoms with Crippen molar-refractivity contribution in [3.8, 4) is 39.9 Å². The van der Waals surface area contributed by atoms with E-state index in [0.29, 0.717) is 17.5 Å². The quantitative estimate of drug-likeness (QED) is 0.185. The summed E-state index contributed by atoms with van der Waals surface area (Å²) >= 11 is 3.74. The number of hydrogen-bond acceptors (Lipinski definition) is 5. The molecule has 0 unspecified atom stereocenters.